The van der Waals surface area contributed by atoms with Gasteiger partial charge in [-0.15, -0.1) is 0 Å². The zero-order valence-corrected chi connectivity index (χ0v) is 11.8. The normalized spacial score (nSPS) is 28.5. The summed E-state index contributed by atoms with van der Waals surface area (Å²) >= 11 is 0. The van der Waals surface area contributed by atoms with Crippen molar-refractivity contribution in [3.05, 3.63) is 12.2 Å². The summed E-state index contributed by atoms with van der Waals surface area (Å²) in [5.74, 6) is 0.650. The van der Waals surface area contributed by atoms with Crippen LogP contribution in [0.4, 0.5) is 5.82 Å². The monoisotopic (exact) mass is 309 g/mol. The smallest absolute Gasteiger partial charge is 0.167 e. The molecule has 3 rings (SSSR count). The molecule has 0 unspecified atom stereocenters. The van der Waals surface area contributed by atoms with Gasteiger partial charge in [0.2, 0.25) is 0 Å². The minimum absolute atomic E-state index is 0.0973. The number of ether oxygens (including phenoxy) is 1. The average molecular weight is 309 g/mol. The Hall–Kier alpha value is -1.85. The van der Waals surface area contributed by atoms with Gasteiger partial charge in [0.25, 0.3) is 0 Å². The summed E-state index contributed by atoms with van der Waals surface area (Å²) in [5.41, 5.74) is 17.8. The molecule has 1 aliphatic heterocycles. The Bertz CT molecular complexity index is 676. The fourth-order valence-corrected chi connectivity index (χ4v) is 2.73. The summed E-state index contributed by atoms with van der Waals surface area (Å²) in [7, 11) is 0. The van der Waals surface area contributed by atoms with Crippen molar-refractivity contribution in [2.45, 2.75) is 37.5 Å². The second-order valence-corrected chi connectivity index (χ2v) is 5.16. The maximum Gasteiger partial charge on any atom is 0.167 e. The van der Waals surface area contributed by atoms with E-state index in [0.29, 0.717) is 30.0 Å². The van der Waals surface area contributed by atoms with E-state index < -0.39 is 24.5 Å². The largest absolute Gasteiger partial charge is 0.388 e. The molecule has 2 aromatic rings. The van der Waals surface area contributed by atoms with Gasteiger partial charge >= 0.3 is 0 Å². The maximum atomic E-state index is 10.3. The number of nitrogen functional groups attached to an aromatic ring is 1. The van der Waals surface area contributed by atoms with E-state index in [2.05, 4.69) is 15.0 Å². The molecule has 0 spiro atoms. The summed E-state index contributed by atoms with van der Waals surface area (Å²) in [4.78, 5) is 12.3. The van der Waals surface area contributed by atoms with Gasteiger partial charge in [-0.1, -0.05) is 0 Å². The highest BCUT2D eigenvalue weighted by molar-refractivity contribution is 5.81. The van der Waals surface area contributed by atoms with E-state index in [1.807, 2.05) is 0 Å². The predicted molar refractivity (Wildman–Crippen MR) is 77.2 cm³/mol. The molecule has 1 fully saturated rings. The lowest BCUT2D eigenvalue weighted by molar-refractivity contribution is -0.0376. The Morgan fingerprint density at radius 3 is 2.68 bits per heavy atom. The van der Waals surface area contributed by atoms with Gasteiger partial charge in [0, 0.05) is 0 Å². The van der Waals surface area contributed by atoms with Crippen LogP contribution in [0.15, 0.2) is 6.33 Å². The molecule has 3 heterocycles. The molecule has 10 nitrogen and oxygen atoms in total. The third-order valence-electron chi connectivity index (χ3n) is 3.80. The number of anilines is 1. The standard InChI is InChI=1S/C12H19N7O3/c13-2-1-5-8(20)9(21)12(22-5)19-6(3-14)18-7-10(15)16-4-17-11(7)19/h4-5,8-9,12,20-21H,1-3,13-14H2,(H2,15,16,17)/t5-,8-,9-,12-/m1/s1. The molecule has 0 aliphatic carbocycles. The van der Waals surface area contributed by atoms with Crippen LogP contribution in [0, 0.1) is 0 Å². The number of nitrogens with two attached hydrogens (primary N) is 3. The van der Waals surface area contributed by atoms with E-state index in [4.69, 9.17) is 21.9 Å². The summed E-state index contributed by atoms with van der Waals surface area (Å²) in [6, 6.07) is 0. The van der Waals surface area contributed by atoms with Gasteiger partial charge in [-0.05, 0) is 13.0 Å². The van der Waals surface area contributed by atoms with E-state index in [-0.39, 0.29) is 12.4 Å². The lowest BCUT2D eigenvalue weighted by atomic mass is 10.1. The van der Waals surface area contributed by atoms with Crippen LogP contribution in [0.3, 0.4) is 0 Å². The molecule has 1 aliphatic rings. The summed E-state index contributed by atoms with van der Waals surface area (Å²) in [6.07, 6.45) is -1.88. The Morgan fingerprint density at radius 1 is 1.23 bits per heavy atom. The Kier molecular flexibility index (Phi) is 3.93. The number of hydrogen-bond acceptors (Lipinski definition) is 9. The van der Waals surface area contributed by atoms with E-state index >= 15 is 0 Å². The van der Waals surface area contributed by atoms with Gasteiger partial charge in [0.05, 0.1) is 12.6 Å². The van der Waals surface area contributed by atoms with Gasteiger partial charge < -0.3 is 32.2 Å². The van der Waals surface area contributed by atoms with Crippen molar-refractivity contribution in [1.29, 1.82) is 0 Å². The fourth-order valence-electron chi connectivity index (χ4n) is 2.73. The lowest BCUT2D eigenvalue weighted by Gasteiger charge is -2.18. The van der Waals surface area contributed by atoms with E-state index in [1.165, 1.54) is 6.33 Å². The molecule has 0 amide bonds. The molecule has 10 heteroatoms. The van der Waals surface area contributed by atoms with Gasteiger partial charge in [0.1, 0.15) is 24.4 Å². The Morgan fingerprint density at radius 2 is 2.00 bits per heavy atom. The van der Waals surface area contributed by atoms with Gasteiger partial charge in [-0.25, -0.2) is 15.0 Å². The molecule has 0 radical (unpaired) electrons. The second kappa shape index (κ2) is 5.74. The number of imidazole rings is 1. The Balaban J connectivity index is 2.08. The van der Waals surface area contributed by atoms with Crippen molar-refractivity contribution >= 4 is 17.0 Å². The van der Waals surface area contributed by atoms with Crippen LogP contribution in [0.1, 0.15) is 18.5 Å². The zero-order chi connectivity index (χ0) is 15.9. The van der Waals surface area contributed by atoms with Crippen molar-refractivity contribution in [3.8, 4) is 0 Å². The first-order valence-corrected chi connectivity index (χ1v) is 6.97. The van der Waals surface area contributed by atoms with Crippen LogP contribution >= 0.6 is 0 Å². The van der Waals surface area contributed by atoms with Crippen LogP contribution in [-0.4, -0.2) is 54.6 Å². The van der Waals surface area contributed by atoms with E-state index in [9.17, 15) is 10.2 Å². The maximum absolute atomic E-state index is 10.3. The first kappa shape index (κ1) is 15.1. The van der Waals surface area contributed by atoms with Crippen molar-refractivity contribution in [1.82, 2.24) is 19.5 Å². The van der Waals surface area contributed by atoms with Crippen molar-refractivity contribution in [2.75, 3.05) is 12.3 Å². The molecule has 8 N–H and O–H groups in total. The second-order valence-electron chi connectivity index (χ2n) is 5.16. The van der Waals surface area contributed by atoms with Crippen molar-refractivity contribution < 1.29 is 14.9 Å². The Labute approximate surface area is 125 Å². The molecule has 0 saturated carbocycles. The average Bonchev–Trinajstić information content (AvgIpc) is 3.01. The molecule has 22 heavy (non-hydrogen) atoms. The van der Waals surface area contributed by atoms with Gasteiger partial charge in [-0.3, -0.25) is 4.57 Å². The highest BCUT2D eigenvalue weighted by atomic mass is 16.6. The SMILES string of the molecule is NCC[C@H]1O[C@@H](n2c(CN)nc3c(N)ncnc32)[C@H](O)[C@@H]1O. The number of nitrogens with zero attached hydrogens (tertiary/aromatic N) is 4. The lowest BCUT2D eigenvalue weighted by Crippen LogP contribution is -2.33. The highest BCUT2D eigenvalue weighted by Gasteiger charge is 2.44. The quantitative estimate of drug-likeness (QED) is 0.421. The third kappa shape index (κ3) is 2.21. The highest BCUT2D eigenvalue weighted by Crippen LogP contribution is 2.34. The number of aromatic nitrogens is 4. The molecule has 0 bridgehead atoms. The first-order valence-electron chi connectivity index (χ1n) is 6.97. The van der Waals surface area contributed by atoms with Gasteiger partial charge in [-0.2, -0.15) is 0 Å². The topological polar surface area (TPSA) is 171 Å². The molecule has 0 aromatic carbocycles. The molecule has 1 saturated heterocycles. The summed E-state index contributed by atoms with van der Waals surface area (Å²) in [5, 5.41) is 20.4. The van der Waals surface area contributed by atoms with E-state index in [1.54, 1.807) is 4.57 Å². The minimum atomic E-state index is -1.14. The third-order valence-corrected chi connectivity index (χ3v) is 3.80. The van der Waals surface area contributed by atoms with Crippen LogP contribution in [0.2, 0.25) is 0 Å². The molecule has 2 aromatic heterocycles. The zero-order valence-electron chi connectivity index (χ0n) is 11.8. The van der Waals surface area contributed by atoms with Crippen molar-refractivity contribution in [3.63, 3.8) is 0 Å². The number of aliphatic hydroxyl groups is 2. The summed E-state index contributed by atoms with van der Waals surface area (Å²) in [6.45, 7) is 0.435. The fraction of sp³-hybridized carbons (Fsp3) is 0.583. The number of fused-ring (bicyclic) bond motifs is 1. The predicted octanol–water partition coefficient (Wildman–Crippen LogP) is -2.16. The number of aliphatic hydroxyl groups excluding tert-OH is 2. The van der Waals surface area contributed by atoms with Gasteiger partial charge in [0.15, 0.2) is 23.2 Å². The van der Waals surface area contributed by atoms with Crippen LogP contribution in [0.5, 0.6) is 0 Å². The number of hydrogen-bond donors (Lipinski definition) is 5. The van der Waals surface area contributed by atoms with Crippen LogP contribution in [-0.2, 0) is 11.3 Å². The first-order chi connectivity index (χ1) is 10.6. The van der Waals surface area contributed by atoms with Crippen LogP contribution in [0.25, 0.3) is 11.2 Å². The summed E-state index contributed by atoms with van der Waals surface area (Å²) < 4.78 is 7.30. The number of rotatable bonds is 4. The molecular weight excluding hydrogens is 290 g/mol. The van der Waals surface area contributed by atoms with E-state index in [0.717, 1.165) is 0 Å². The molecular formula is C12H19N7O3. The van der Waals surface area contributed by atoms with Crippen LogP contribution < -0.4 is 17.2 Å². The molecule has 120 valence electrons. The van der Waals surface area contributed by atoms with Crippen molar-refractivity contribution in [2.24, 2.45) is 11.5 Å². The minimum Gasteiger partial charge on any atom is -0.388 e. The molecule has 4 atom stereocenters.